The van der Waals surface area contributed by atoms with E-state index in [0.29, 0.717) is 16.1 Å². The highest BCUT2D eigenvalue weighted by Gasteiger charge is 2.52. The predicted octanol–water partition coefficient (Wildman–Crippen LogP) is 3.51. The number of benzene rings is 1. The average molecular weight is 348 g/mol. The highest BCUT2D eigenvalue weighted by atomic mass is 127. The Hall–Kier alpha value is -0.370. The smallest absolute Gasteiger partial charge is 0.376 e. The van der Waals surface area contributed by atoms with E-state index in [-0.39, 0.29) is 0 Å². The molecule has 0 heterocycles. The van der Waals surface area contributed by atoms with E-state index < -0.39 is 23.2 Å². The van der Waals surface area contributed by atoms with Crippen molar-refractivity contribution < 1.29 is 22.7 Å². The Balaban J connectivity index is 3.39. The second-order valence-corrected chi connectivity index (χ2v) is 4.81. The topological polar surface area (TPSA) is 20.2 Å². The molecule has 0 aromatic heterocycles. The van der Waals surface area contributed by atoms with Crippen molar-refractivity contribution in [1.29, 1.82) is 0 Å². The lowest BCUT2D eigenvalue weighted by atomic mass is 9.94. The monoisotopic (exact) mass is 348 g/mol. The third-order valence-electron chi connectivity index (χ3n) is 2.32. The van der Waals surface area contributed by atoms with Gasteiger partial charge in [-0.05, 0) is 54.1 Å². The molecule has 0 amide bonds. The van der Waals surface area contributed by atoms with Crippen molar-refractivity contribution in [2.24, 2.45) is 0 Å². The first-order chi connectivity index (χ1) is 7.07. The number of alkyl halides is 3. The molecule has 1 nitrogen and oxygen atoms in total. The van der Waals surface area contributed by atoms with Crippen LogP contribution < -0.4 is 0 Å². The maximum atomic E-state index is 13.4. The molecule has 0 aliphatic rings. The van der Waals surface area contributed by atoms with E-state index in [1.165, 1.54) is 0 Å². The molecule has 0 bridgehead atoms. The molecule has 0 saturated carbocycles. The van der Waals surface area contributed by atoms with E-state index in [1.54, 1.807) is 29.5 Å². The molecule has 0 spiro atoms. The summed E-state index contributed by atoms with van der Waals surface area (Å²) >= 11 is 1.79. The third-order valence-corrected chi connectivity index (χ3v) is 3.49. The molecule has 16 heavy (non-hydrogen) atoms. The number of halogens is 5. The maximum absolute atomic E-state index is 13.4. The van der Waals surface area contributed by atoms with Crippen LogP contribution in [-0.4, -0.2) is 11.3 Å². The number of aliphatic hydroxyl groups is 1. The van der Waals surface area contributed by atoms with Crippen LogP contribution in [0, 0.1) is 16.3 Å². The molecule has 1 aromatic carbocycles. The van der Waals surface area contributed by atoms with Crippen molar-refractivity contribution >= 4 is 22.6 Å². The highest BCUT2D eigenvalue weighted by Crippen LogP contribution is 2.40. The van der Waals surface area contributed by atoms with Gasteiger partial charge in [-0.25, -0.2) is 4.39 Å². The van der Waals surface area contributed by atoms with E-state index in [2.05, 4.69) is 0 Å². The van der Waals surface area contributed by atoms with Crippen LogP contribution in [0.15, 0.2) is 12.1 Å². The molecule has 0 unspecified atom stereocenters. The van der Waals surface area contributed by atoms with Crippen molar-refractivity contribution in [2.75, 3.05) is 0 Å². The van der Waals surface area contributed by atoms with Gasteiger partial charge in [0.2, 0.25) is 0 Å². The van der Waals surface area contributed by atoms with Crippen LogP contribution in [-0.2, 0) is 5.60 Å². The second-order valence-electron chi connectivity index (χ2n) is 3.65. The fourth-order valence-electron chi connectivity index (χ4n) is 1.17. The predicted molar refractivity (Wildman–Crippen MR) is 59.5 cm³/mol. The summed E-state index contributed by atoms with van der Waals surface area (Å²) in [6.45, 7) is 2.12. The van der Waals surface area contributed by atoms with Gasteiger partial charge in [0.1, 0.15) is 5.82 Å². The Kier molecular flexibility index (Phi) is 3.54. The zero-order valence-electron chi connectivity index (χ0n) is 8.49. The van der Waals surface area contributed by atoms with Crippen molar-refractivity contribution in [2.45, 2.75) is 25.6 Å². The molecule has 1 N–H and O–H groups in total. The van der Waals surface area contributed by atoms with E-state index in [9.17, 15) is 22.7 Å². The first kappa shape index (κ1) is 13.7. The minimum absolute atomic E-state index is 0.471. The summed E-state index contributed by atoms with van der Waals surface area (Å²) in [6, 6.07) is 2.00. The van der Waals surface area contributed by atoms with Gasteiger partial charge in [0, 0.05) is 9.13 Å². The van der Waals surface area contributed by atoms with Crippen LogP contribution in [0.4, 0.5) is 17.6 Å². The lowest BCUT2D eigenvalue weighted by Crippen LogP contribution is -2.40. The first-order valence-corrected chi connectivity index (χ1v) is 5.40. The normalized spacial score (nSPS) is 16.0. The molecule has 0 fully saturated rings. The number of hydrogen-bond acceptors (Lipinski definition) is 1. The third kappa shape index (κ3) is 2.32. The average Bonchev–Trinajstić information content (AvgIpc) is 2.09. The van der Waals surface area contributed by atoms with Crippen LogP contribution in [0.25, 0.3) is 0 Å². The fourth-order valence-corrected chi connectivity index (χ4v) is 1.64. The molecule has 1 aromatic rings. The fraction of sp³-hybridized carbons (Fsp3) is 0.400. The van der Waals surface area contributed by atoms with Gasteiger partial charge < -0.3 is 5.11 Å². The van der Waals surface area contributed by atoms with E-state index in [0.717, 1.165) is 12.1 Å². The first-order valence-electron chi connectivity index (χ1n) is 4.32. The summed E-state index contributed by atoms with van der Waals surface area (Å²) < 4.78 is 51.4. The standard InChI is InChI=1S/C10H9F4IO/c1-5-3-7(11)6(4-8(5)15)9(2,16)10(12,13)14/h3-4,16H,1-2H3/t9-/m0/s1. The van der Waals surface area contributed by atoms with Gasteiger partial charge in [-0.3, -0.25) is 0 Å². The lowest BCUT2D eigenvalue weighted by Gasteiger charge is -2.27. The summed E-state index contributed by atoms with van der Waals surface area (Å²) in [4.78, 5) is 0. The summed E-state index contributed by atoms with van der Waals surface area (Å²) in [5, 5.41) is 9.35. The molecule has 0 saturated heterocycles. The van der Waals surface area contributed by atoms with Crippen molar-refractivity contribution in [3.8, 4) is 0 Å². The van der Waals surface area contributed by atoms with Gasteiger partial charge in [-0.1, -0.05) is 0 Å². The summed E-state index contributed by atoms with van der Waals surface area (Å²) in [5.74, 6) is -1.06. The molecule has 0 radical (unpaired) electrons. The van der Waals surface area contributed by atoms with Crippen LogP contribution >= 0.6 is 22.6 Å². The molecule has 1 rings (SSSR count). The molecule has 1 atom stereocenters. The van der Waals surface area contributed by atoms with Gasteiger partial charge in [-0.15, -0.1) is 0 Å². The van der Waals surface area contributed by atoms with E-state index in [4.69, 9.17) is 0 Å². The molecular formula is C10H9F4IO. The van der Waals surface area contributed by atoms with Crippen LogP contribution in [0.5, 0.6) is 0 Å². The van der Waals surface area contributed by atoms with Gasteiger partial charge in [0.05, 0.1) is 0 Å². The quantitative estimate of drug-likeness (QED) is 0.608. The zero-order chi connectivity index (χ0) is 12.7. The molecular weight excluding hydrogens is 339 g/mol. The number of rotatable bonds is 1. The Morgan fingerprint density at radius 2 is 1.75 bits per heavy atom. The lowest BCUT2D eigenvalue weighted by molar-refractivity contribution is -0.259. The van der Waals surface area contributed by atoms with E-state index in [1.807, 2.05) is 0 Å². The summed E-state index contributed by atoms with van der Waals surface area (Å²) in [6.07, 6.45) is -4.91. The molecule has 0 aliphatic heterocycles. The van der Waals surface area contributed by atoms with Gasteiger partial charge in [-0.2, -0.15) is 13.2 Å². The van der Waals surface area contributed by atoms with Crippen molar-refractivity contribution in [1.82, 2.24) is 0 Å². The van der Waals surface area contributed by atoms with Crippen molar-refractivity contribution in [3.63, 3.8) is 0 Å². The second kappa shape index (κ2) is 4.14. The minimum atomic E-state index is -4.91. The van der Waals surface area contributed by atoms with E-state index >= 15 is 0 Å². The number of aryl methyl sites for hydroxylation is 1. The minimum Gasteiger partial charge on any atom is -0.376 e. The van der Waals surface area contributed by atoms with Gasteiger partial charge in [0.25, 0.3) is 0 Å². The van der Waals surface area contributed by atoms with Crippen LogP contribution in [0.1, 0.15) is 18.1 Å². The maximum Gasteiger partial charge on any atom is 0.421 e. The van der Waals surface area contributed by atoms with Crippen LogP contribution in [0.2, 0.25) is 0 Å². The van der Waals surface area contributed by atoms with Crippen LogP contribution in [0.3, 0.4) is 0 Å². The highest BCUT2D eigenvalue weighted by molar-refractivity contribution is 14.1. The Morgan fingerprint density at radius 3 is 2.19 bits per heavy atom. The Labute approximate surface area is 104 Å². The van der Waals surface area contributed by atoms with Gasteiger partial charge >= 0.3 is 6.18 Å². The SMILES string of the molecule is Cc1cc(F)c([C@](C)(O)C(F)(F)F)cc1I. The van der Waals surface area contributed by atoms with Gasteiger partial charge in [0.15, 0.2) is 5.60 Å². The van der Waals surface area contributed by atoms with Crippen molar-refractivity contribution in [3.05, 3.63) is 32.6 Å². The molecule has 6 heteroatoms. The number of hydrogen-bond donors (Lipinski definition) is 1. The molecule has 0 aliphatic carbocycles. The summed E-state index contributed by atoms with van der Waals surface area (Å²) in [5.41, 5.74) is -3.40. The zero-order valence-corrected chi connectivity index (χ0v) is 10.6. The summed E-state index contributed by atoms with van der Waals surface area (Å²) in [7, 11) is 0. The largest absolute Gasteiger partial charge is 0.421 e. The molecule has 90 valence electrons. The Morgan fingerprint density at radius 1 is 1.25 bits per heavy atom. The Bertz CT molecular complexity index is 412.